The number of hydrogen-bond acceptors (Lipinski definition) is 5. The van der Waals surface area contributed by atoms with Crippen molar-refractivity contribution in [2.75, 3.05) is 19.5 Å². The summed E-state index contributed by atoms with van der Waals surface area (Å²) >= 11 is 6.00. The number of nitrogens with zero attached hydrogens (tertiary/aromatic N) is 2. The van der Waals surface area contributed by atoms with Gasteiger partial charge in [0.2, 0.25) is 0 Å². The van der Waals surface area contributed by atoms with Gasteiger partial charge < -0.3 is 19.5 Å². The first-order valence-corrected chi connectivity index (χ1v) is 11.8. The number of aromatic nitrogens is 2. The largest absolute Gasteiger partial charge is 0.493 e. The zero-order valence-electron chi connectivity index (χ0n) is 20.7. The number of amides is 1. The van der Waals surface area contributed by atoms with Crippen LogP contribution in [0.1, 0.15) is 32.9 Å². The number of ether oxygens (including phenoxy) is 3. The quantitative estimate of drug-likeness (QED) is 0.300. The van der Waals surface area contributed by atoms with Gasteiger partial charge in [-0.05, 0) is 67.4 Å². The highest BCUT2D eigenvalue weighted by molar-refractivity contribution is 6.30. The van der Waals surface area contributed by atoms with Gasteiger partial charge in [0.15, 0.2) is 11.5 Å². The first-order valence-electron chi connectivity index (χ1n) is 11.4. The molecule has 4 aromatic rings. The maximum absolute atomic E-state index is 12.9. The van der Waals surface area contributed by atoms with E-state index < -0.39 is 0 Å². The van der Waals surface area contributed by atoms with E-state index in [0.29, 0.717) is 46.7 Å². The Morgan fingerprint density at radius 1 is 0.944 bits per heavy atom. The number of halogens is 1. The van der Waals surface area contributed by atoms with Crippen LogP contribution in [-0.2, 0) is 13.2 Å². The van der Waals surface area contributed by atoms with Crippen LogP contribution in [-0.4, -0.2) is 29.9 Å². The molecule has 0 unspecified atom stereocenters. The summed E-state index contributed by atoms with van der Waals surface area (Å²) in [6, 6.07) is 20.3. The summed E-state index contributed by atoms with van der Waals surface area (Å²) in [6.07, 6.45) is 0. The predicted molar refractivity (Wildman–Crippen MR) is 141 cm³/mol. The molecule has 36 heavy (non-hydrogen) atoms. The molecule has 1 aromatic heterocycles. The van der Waals surface area contributed by atoms with Crippen LogP contribution in [0.3, 0.4) is 0 Å². The van der Waals surface area contributed by atoms with Gasteiger partial charge in [-0.3, -0.25) is 9.48 Å². The Hall–Kier alpha value is -3.97. The van der Waals surface area contributed by atoms with Crippen molar-refractivity contribution in [2.24, 2.45) is 0 Å². The molecule has 8 heteroatoms. The summed E-state index contributed by atoms with van der Waals surface area (Å²) < 4.78 is 18.3. The van der Waals surface area contributed by atoms with E-state index >= 15 is 0 Å². The second-order valence-corrected chi connectivity index (χ2v) is 8.73. The number of hydrogen-bond donors (Lipinski definition) is 1. The molecule has 0 saturated carbocycles. The second-order valence-electron chi connectivity index (χ2n) is 8.29. The summed E-state index contributed by atoms with van der Waals surface area (Å²) in [6.45, 7) is 4.73. The van der Waals surface area contributed by atoms with Gasteiger partial charge in [-0.25, -0.2) is 0 Å². The minimum Gasteiger partial charge on any atom is -0.493 e. The Bertz CT molecular complexity index is 1370. The minimum atomic E-state index is -0.200. The second kappa shape index (κ2) is 11.2. The molecule has 0 aliphatic heterocycles. The van der Waals surface area contributed by atoms with Crippen LogP contribution in [0.5, 0.6) is 17.2 Å². The summed E-state index contributed by atoms with van der Waals surface area (Å²) in [4.78, 5) is 12.9. The molecule has 0 atom stereocenters. The highest BCUT2D eigenvalue weighted by Gasteiger charge is 2.16. The summed E-state index contributed by atoms with van der Waals surface area (Å²) in [5, 5.41) is 8.26. The van der Waals surface area contributed by atoms with Crippen molar-refractivity contribution in [2.45, 2.75) is 27.0 Å². The fourth-order valence-electron chi connectivity index (χ4n) is 3.85. The monoisotopic (exact) mass is 505 g/mol. The molecule has 186 valence electrons. The van der Waals surface area contributed by atoms with Gasteiger partial charge in [-0.2, -0.15) is 5.10 Å². The molecule has 0 bridgehead atoms. The number of rotatable bonds is 9. The van der Waals surface area contributed by atoms with Crippen molar-refractivity contribution >= 4 is 23.2 Å². The Morgan fingerprint density at radius 3 is 2.36 bits per heavy atom. The van der Waals surface area contributed by atoms with E-state index in [9.17, 15) is 4.79 Å². The number of aryl methyl sites for hydroxylation is 1. The molecule has 0 saturated heterocycles. The van der Waals surface area contributed by atoms with Crippen LogP contribution in [0, 0.1) is 13.8 Å². The van der Waals surface area contributed by atoms with E-state index in [0.717, 1.165) is 22.5 Å². The number of anilines is 1. The number of carbonyl (C=O) groups is 1. The van der Waals surface area contributed by atoms with Gasteiger partial charge in [0.25, 0.3) is 5.91 Å². The van der Waals surface area contributed by atoms with Crippen molar-refractivity contribution in [3.05, 3.63) is 99.8 Å². The van der Waals surface area contributed by atoms with Gasteiger partial charge in [-0.15, -0.1) is 0 Å². The molecule has 1 amide bonds. The molecule has 0 fully saturated rings. The molecule has 1 heterocycles. The molecular formula is C28H28ClN3O4. The van der Waals surface area contributed by atoms with Crippen LogP contribution >= 0.6 is 11.6 Å². The fourth-order valence-corrected chi connectivity index (χ4v) is 4.03. The molecule has 4 rings (SSSR count). The lowest BCUT2D eigenvalue weighted by Gasteiger charge is -2.11. The van der Waals surface area contributed by atoms with Crippen LogP contribution in [0.15, 0.2) is 66.7 Å². The van der Waals surface area contributed by atoms with Crippen LogP contribution < -0.4 is 19.5 Å². The van der Waals surface area contributed by atoms with E-state index in [1.165, 1.54) is 0 Å². The Kier molecular flexibility index (Phi) is 7.80. The molecule has 0 radical (unpaired) electrons. The summed E-state index contributed by atoms with van der Waals surface area (Å²) in [5.74, 6) is 1.82. The van der Waals surface area contributed by atoms with E-state index in [1.54, 1.807) is 38.5 Å². The Morgan fingerprint density at radius 2 is 1.67 bits per heavy atom. The third kappa shape index (κ3) is 5.80. The van der Waals surface area contributed by atoms with Crippen molar-refractivity contribution in [1.82, 2.24) is 9.78 Å². The van der Waals surface area contributed by atoms with Crippen molar-refractivity contribution in [3.63, 3.8) is 0 Å². The lowest BCUT2D eigenvalue weighted by Crippen LogP contribution is -2.13. The molecule has 0 aliphatic rings. The normalized spacial score (nSPS) is 10.7. The lowest BCUT2D eigenvalue weighted by atomic mass is 10.1. The maximum Gasteiger partial charge on any atom is 0.255 e. The predicted octanol–water partition coefficient (Wildman–Crippen LogP) is 6.05. The van der Waals surface area contributed by atoms with Crippen molar-refractivity contribution in [1.29, 1.82) is 0 Å². The first kappa shape index (κ1) is 25.1. The van der Waals surface area contributed by atoms with Gasteiger partial charge >= 0.3 is 0 Å². The zero-order chi connectivity index (χ0) is 25.7. The standard InChI is InChI=1S/C28H28ClN3O4/c1-18-27(19(2)32(31-18)16-21-10-13-25(34-3)26(14-21)35-4)30-28(33)22-11-8-20(9-12-22)17-36-24-7-5-6-23(29)15-24/h5-15H,16-17H2,1-4H3,(H,30,33). The average molecular weight is 506 g/mol. The molecule has 7 nitrogen and oxygen atoms in total. The highest BCUT2D eigenvalue weighted by atomic mass is 35.5. The third-order valence-corrected chi connectivity index (χ3v) is 6.05. The van der Waals surface area contributed by atoms with E-state index in [2.05, 4.69) is 10.4 Å². The summed E-state index contributed by atoms with van der Waals surface area (Å²) in [5.41, 5.74) is 4.81. The van der Waals surface area contributed by atoms with E-state index in [4.69, 9.17) is 25.8 Å². The number of methoxy groups -OCH3 is 2. The van der Waals surface area contributed by atoms with E-state index in [-0.39, 0.29) is 5.91 Å². The highest BCUT2D eigenvalue weighted by Crippen LogP contribution is 2.29. The van der Waals surface area contributed by atoms with Gasteiger partial charge in [-0.1, -0.05) is 35.9 Å². The zero-order valence-corrected chi connectivity index (χ0v) is 21.4. The molecular weight excluding hydrogens is 478 g/mol. The smallest absolute Gasteiger partial charge is 0.255 e. The first-order chi connectivity index (χ1) is 17.4. The van der Waals surface area contributed by atoms with Crippen molar-refractivity contribution < 1.29 is 19.0 Å². The SMILES string of the molecule is COc1ccc(Cn2nc(C)c(NC(=O)c3ccc(COc4cccc(Cl)c4)cc3)c2C)cc1OC. The lowest BCUT2D eigenvalue weighted by molar-refractivity contribution is 0.102. The molecule has 3 aromatic carbocycles. The van der Waals surface area contributed by atoms with Gasteiger partial charge in [0, 0.05) is 10.6 Å². The number of benzene rings is 3. The fraction of sp³-hybridized carbons (Fsp3) is 0.214. The van der Waals surface area contributed by atoms with Crippen molar-refractivity contribution in [3.8, 4) is 17.2 Å². The summed E-state index contributed by atoms with van der Waals surface area (Å²) in [7, 11) is 3.22. The van der Waals surface area contributed by atoms with Crippen LogP contribution in [0.25, 0.3) is 0 Å². The molecule has 0 spiro atoms. The van der Waals surface area contributed by atoms with Crippen LogP contribution in [0.2, 0.25) is 5.02 Å². The molecule has 0 aliphatic carbocycles. The minimum absolute atomic E-state index is 0.200. The number of nitrogens with one attached hydrogen (secondary N) is 1. The third-order valence-electron chi connectivity index (χ3n) is 5.82. The topological polar surface area (TPSA) is 74.6 Å². The molecule has 1 N–H and O–H groups in total. The maximum atomic E-state index is 12.9. The van der Waals surface area contributed by atoms with Gasteiger partial charge in [0.1, 0.15) is 12.4 Å². The Labute approximate surface area is 215 Å². The Balaban J connectivity index is 1.42. The number of carbonyl (C=O) groups excluding carboxylic acids is 1. The van der Waals surface area contributed by atoms with E-state index in [1.807, 2.05) is 61.0 Å². The average Bonchev–Trinajstić information content (AvgIpc) is 3.14. The van der Waals surface area contributed by atoms with Gasteiger partial charge in [0.05, 0.1) is 37.8 Å². The van der Waals surface area contributed by atoms with Crippen LogP contribution in [0.4, 0.5) is 5.69 Å².